The molecule has 0 atom stereocenters. The Hall–Kier alpha value is -3.56. The average molecular weight is 417 g/mol. The minimum Gasteiger partial charge on any atom is -0.445 e. The maximum absolute atomic E-state index is 12.6. The van der Waals surface area contributed by atoms with Crippen molar-refractivity contribution in [3.05, 3.63) is 47.3 Å². The zero-order chi connectivity index (χ0) is 22.1. The summed E-state index contributed by atoms with van der Waals surface area (Å²) in [5.41, 5.74) is 11.5. The molecule has 5 amide bonds. The SMILES string of the molecule is CCCCN1C(=O)C(=C(N)N)C(=O)N(CCCNC(=O)OCc2ccccc2)C1=O. The molecular weight excluding hydrogens is 390 g/mol. The van der Waals surface area contributed by atoms with E-state index < -0.39 is 35.3 Å². The van der Waals surface area contributed by atoms with Gasteiger partial charge < -0.3 is 21.5 Å². The van der Waals surface area contributed by atoms with Crippen molar-refractivity contribution >= 4 is 23.9 Å². The third-order valence-corrected chi connectivity index (χ3v) is 4.44. The van der Waals surface area contributed by atoms with E-state index in [9.17, 15) is 19.2 Å². The van der Waals surface area contributed by atoms with E-state index in [-0.39, 0.29) is 32.7 Å². The van der Waals surface area contributed by atoms with Gasteiger partial charge in [-0.1, -0.05) is 43.7 Å². The average Bonchev–Trinajstić information content (AvgIpc) is 2.72. The van der Waals surface area contributed by atoms with E-state index in [1.54, 1.807) is 0 Å². The van der Waals surface area contributed by atoms with Crippen LogP contribution in [0, 0.1) is 0 Å². The Morgan fingerprint density at radius 3 is 2.17 bits per heavy atom. The minimum atomic E-state index is -0.829. The highest BCUT2D eigenvalue weighted by molar-refractivity contribution is 6.29. The van der Waals surface area contributed by atoms with E-state index in [0.29, 0.717) is 6.42 Å². The first kappa shape index (κ1) is 22.7. The molecule has 1 heterocycles. The number of hydrogen-bond donors (Lipinski definition) is 3. The zero-order valence-electron chi connectivity index (χ0n) is 16.9. The number of carbonyl (C=O) groups is 4. The molecule has 1 aromatic rings. The van der Waals surface area contributed by atoms with Gasteiger partial charge in [-0.2, -0.15) is 0 Å². The van der Waals surface area contributed by atoms with E-state index in [0.717, 1.165) is 21.8 Å². The summed E-state index contributed by atoms with van der Waals surface area (Å²) >= 11 is 0. The van der Waals surface area contributed by atoms with Gasteiger partial charge in [-0.15, -0.1) is 0 Å². The molecule has 0 aliphatic carbocycles. The predicted molar refractivity (Wildman–Crippen MR) is 108 cm³/mol. The van der Waals surface area contributed by atoms with Gasteiger partial charge in [0.25, 0.3) is 11.8 Å². The molecule has 1 aromatic carbocycles. The van der Waals surface area contributed by atoms with Crippen molar-refractivity contribution in [3.63, 3.8) is 0 Å². The lowest BCUT2D eigenvalue weighted by Gasteiger charge is -2.34. The lowest BCUT2D eigenvalue weighted by molar-refractivity contribution is -0.136. The Labute approximate surface area is 174 Å². The van der Waals surface area contributed by atoms with E-state index in [2.05, 4.69) is 5.32 Å². The highest BCUT2D eigenvalue weighted by atomic mass is 16.5. The maximum Gasteiger partial charge on any atom is 0.407 e. The van der Waals surface area contributed by atoms with Crippen LogP contribution >= 0.6 is 0 Å². The Kier molecular flexibility index (Phi) is 8.21. The van der Waals surface area contributed by atoms with Gasteiger partial charge in [0.15, 0.2) is 0 Å². The molecule has 10 heteroatoms. The number of urea groups is 1. The van der Waals surface area contributed by atoms with Gasteiger partial charge in [-0.25, -0.2) is 9.59 Å². The number of amides is 5. The van der Waals surface area contributed by atoms with Crippen LogP contribution in [-0.4, -0.2) is 53.4 Å². The molecule has 5 N–H and O–H groups in total. The number of nitrogens with one attached hydrogen (secondary N) is 1. The van der Waals surface area contributed by atoms with Crippen LogP contribution in [-0.2, 0) is 20.9 Å². The fourth-order valence-electron chi connectivity index (χ4n) is 2.84. The Balaban J connectivity index is 1.88. The summed E-state index contributed by atoms with van der Waals surface area (Å²) in [6.45, 7) is 2.37. The number of barbiturate groups is 1. The van der Waals surface area contributed by atoms with Gasteiger partial charge in [-0.3, -0.25) is 19.4 Å². The molecular formula is C20H27N5O5. The van der Waals surface area contributed by atoms with Crippen molar-refractivity contribution in [2.45, 2.75) is 32.8 Å². The van der Waals surface area contributed by atoms with Crippen molar-refractivity contribution < 1.29 is 23.9 Å². The van der Waals surface area contributed by atoms with Crippen LogP contribution in [0.1, 0.15) is 31.7 Å². The fourth-order valence-corrected chi connectivity index (χ4v) is 2.84. The van der Waals surface area contributed by atoms with E-state index in [4.69, 9.17) is 16.2 Å². The standard InChI is InChI=1S/C20H27N5O5/c1-2-3-11-24-17(26)15(16(21)22)18(27)25(20(24)29)12-7-10-23-19(28)30-13-14-8-5-4-6-9-14/h4-6,8-9H,2-3,7,10-13,21-22H2,1H3,(H,23,28). The van der Waals surface area contributed by atoms with Gasteiger partial charge in [0.2, 0.25) is 0 Å². The summed E-state index contributed by atoms with van der Waals surface area (Å²) in [4.78, 5) is 51.2. The molecule has 0 bridgehead atoms. The van der Waals surface area contributed by atoms with Crippen LogP contribution < -0.4 is 16.8 Å². The number of nitrogens with zero attached hydrogens (tertiary/aromatic N) is 2. The monoisotopic (exact) mass is 417 g/mol. The predicted octanol–water partition coefficient (Wildman–Crippen LogP) is 1.02. The number of unbranched alkanes of at least 4 members (excludes halogenated alkanes) is 1. The fraction of sp³-hybridized carbons (Fsp3) is 0.400. The third-order valence-electron chi connectivity index (χ3n) is 4.44. The quantitative estimate of drug-likeness (QED) is 0.309. The topological polar surface area (TPSA) is 148 Å². The molecule has 0 saturated carbocycles. The lowest BCUT2D eigenvalue weighted by atomic mass is 10.1. The first-order valence-electron chi connectivity index (χ1n) is 9.74. The third kappa shape index (κ3) is 5.72. The van der Waals surface area contributed by atoms with Crippen LogP contribution in [0.5, 0.6) is 0 Å². The number of alkyl carbamates (subject to hydrolysis) is 1. The van der Waals surface area contributed by atoms with Crippen molar-refractivity contribution in [1.82, 2.24) is 15.1 Å². The van der Waals surface area contributed by atoms with E-state index >= 15 is 0 Å². The number of nitrogens with two attached hydrogens (primary N) is 2. The van der Waals surface area contributed by atoms with Gasteiger partial charge in [0, 0.05) is 19.6 Å². The van der Waals surface area contributed by atoms with Gasteiger partial charge in [-0.05, 0) is 18.4 Å². The van der Waals surface area contributed by atoms with Crippen molar-refractivity contribution in [2.24, 2.45) is 11.5 Å². The first-order chi connectivity index (χ1) is 14.4. The van der Waals surface area contributed by atoms with Crippen molar-refractivity contribution in [1.29, 1.82) is 0 Å². The van der Waals surface area contributed by atoms with Crippen LogP contribution in [0.25, 0.3) is 0 Å². The summed E-state index contributed by atoms with van der Waals surface area (Å²) in [5.74, 6) is -2.03. The Morgan fingerprint density at radius 2 is 1.60 bits per heavy atom. The minimum absolute atomic E-state index is 0.0106. The van der Waals surface area contributed by atoms with Gasteiger partial charge in [0.05, 0.1) is 0 Å². The normalized spacial score (nSPS) is 14.2. The Morgan fingerprint density at radius 1 is 1.00 bits per heavy atom. The Bertz CT molecular complexity index is 820. The zero-order valence-corrected chi connectivity index (χ0v) is 16.9. The number of benzene rings is 1. The molecule has 1 aliphatic rings. The summed E-state index contributed by atoms with van der Waals surface area (Å²) < 4.78 is 5.10. The number of ether oxygens (including phenoxy) is 1. The van der Waals surface area contributed by atoms with Crippen LogP contribution in [0.15, 0.2) is 41.7 Å². The van der Waals surface area contributed by atoms with Crippen LogP contribution in [0.3, 0.4) is 0 Å². The summed E-state index contributed by atoms with van der Waals surface area (Å²) in [7, 11) is 0. The molecule has 30 heavy (non-hydrogen) atoms. The summed E-state index contributed by atoms with van der Waals surface area (Å²) in [6, 6.07) is 8.50. The number of imide groups is 2. The molecule has 1 fully saturated rings. The molecule has 0 aromatic heterocycles. The largest absolute Gasteiger partial charge is 0.445 e. The second-order valence-corrected chi connectivity index (χ2v) is 6.72. The molecule has 0 spiro atoms. The second kappa shape index (κ2) is 10.8. The molecule has 10 nitrogen and oxygen atoms in total. The van der Waals surface area contributed by atoms with Crippen molar-refractivity contribution in [3.8, 4) is 0 Å². The van der Waals surface area contributed by atoms with Crippen LogP contribution in [0.4, 0.5) is 9.59 Å². The molecule has 0 unspecified atom stereocenters. The van der Waals surface area contributed by atoms with Crippen molar-refractivity contribution in [2.75, 3.05) is 19.6 Å². The molecule has 0 radical (unpaired) electrons. The van der Waals surface area contributed by atoms with Gasteiger partial charge in [0.1, 0.15) is 18.0 Å². The first-order valence-corrected chi connectivity index (χ1v) is 9.74. The molecule has 162 valence electrons. The highest BCUT2D eigenvalue weighted by Crippen LogP contribution is 2.19. The number of carbonyl (C=O) groups excluding carboxylic acids is 4. The number of rotatable bonds is 9. The smallest absolute Gasteiger partial charge is 0.407 e. The van der Waals surface area contributed by atoms with Crippen LogP contribution in [0.2, 0.25) is 0 Å². The second-order valence-electron chi connectivity index (χ2n) is 6.72. The van der Waals surface area contributed by atoms with Gasteiger partial charge >= 0.3 is 12.1 Å². The molecule has 1 saturated heterocycles. The molecule has 2 rings (SSSR count). The molecule has 1 aliphatic heterocycles. The maximum atomic E-state index is 12.6. The van der Waals surface area contributed by atoms with E-state index in [1.165, 1.54) is 0 Å². The van der Waals surface area contributed by atoms with E-state index in [1.807, 2.05) is 37.3 Å². The lowest BCUT2D eigenvalue weighted by Crippen LogP contribution is -2.57. The number of hydrogen-bond acceptors (Lipinski definition) is 7. The highest BCUT2D eigenvalue weighted by Gasteiger charge is 2.42. The summed E-state index contributed by atoms with van der Waals surface area (Å²) in [5, 5.41) is 2.56. The summed E-state index contributed by atoms with van der Waals surface area (Å²) in [6.07, 6.45) is 1.01.